The molecule has 0 spiro atoms. The molecule has 0 atom stereocenters. The van der Waals surface area contributed by atoms with Crippen molar-refractivity contribution in [3.05, 3.63) is 59.7 Å². The van der Waals surface area contributed by atoms with E-state index < -0.39 is 11.7 Å². The van der Waals surface area contributed by atoms with Crippen molar-refractivity contribution in [2.45, 2.75) is 40.2 Å². The fourth-order valence-electron chi connectivity index (χ4n) is 2.27. The molecule has 0 aliphatic carbocycles. The van der Waals surface area contributed by atoms with Crippen LogP contribution in [0.4, 0.5) is 16.2 Å². The molecule has 4 heteroatoms. The molecule has 0 heterocycles. The van der Waals surface area contributed by atoms with Gasteiger partial charge in [-0.1, -0.05) is 36.4 Å². The summed E-state index contributed by atoms with van der Waals surface area (Å²) in [5, 5.41) is 1.78. The van der Waals surface area contributed by atoms with E-state index in [2.05, 4.69) is 5.43 Å². The second kappa shape index (κ2) is 6.73. The summed E-state index contributed by atoms with van der Waals surface area (Å²) in [6.07, 6.45) is -0.482. The average molecular weight is 312 g/mol. The minimum Gasteiger partial charge on any atom is -0.443 e. The molecule has 0 aliphatic heterocycles. The lowest BCUT2D eigenvalue weighted by atomic mass is 10.1. The predicted octanol–water partition coefficient (Wildman–Crippen LogP) is 4.88. The molecule has 0 fully saturated rings. The summed E-state index contributed by atoms with van der Waals surface area (Å²) in [6.45, 7) is 9.56. The Morgan fingerprint density at radius 3 is 1.74 bits per heavy atom. The molecule has 23 heavy (non-hydrogen) atoms. The molecule has 0 saturated carbocycles. The second-order valence-electron chi connectivity index (χ2n) is 6.52. The zero-order chi connectivity index (χ0) is 17.0. The Balaban J connectivity index is 2.39. The highest BCUT2D eigenvalue weighted by molar-refractivity contribution is 5.77. The Kier molecular flexibility index (Phi) is 4.94. The molecule has 122 valence electrons. The molecular weight excluding hydrogens is 288 g/mol. The highest BCUT2D eigenvalue weighted by atomic mass is 16.6. The molecule has 0 aromatic heterocycles. The summed E-state index contributed by atoms with van der Waals surface area (Å²) < 4.78 is 5.40. The molecule has 0 bridgehead atoms. The summed E-state index contributed by atoms with van der Waals surface area (Å²) in [6, 6.07) is 15.8. The van der Waals surface area contributed by atoms with Crippen LogP contribution in [0.1, 0.15) is 31.9 Å². The summed E-state index contributed by atoms with van der Waals surface area (Å²) in [4.78, 5) is 12.3. The van der Waals surface area contributed by atoms with Crippen molar-refractivity contribution in [1.29, 1.82) is 0 Å². The second-order valence-corrected chi connectivity index (χ2v) is 6.52. The van der Waals surface area contributed by atoms with Gasteiger partial charge in [-0.15, -0.1) is 0 Å². The Bertz CT molecular complexity index is 644. The molecule has 0 saturated heterocycles. The van der Waals surface area contributed by atoms with Gasteiger partial charge in [0.2, 0.25) is 0 Å². The number of rotatable bonds is 3. The topological polar surface area (TPSA) is 41.6 Å². The standard InChI is InChI=1S/C19H24N2O2/c1-14-10-6-8-12-16(14)21(17-13-9-7-11-15(17)2)20-18(22)23-19(3,4)5/h6-13H,1-5H3,(H,20,22). The van der Waals surface area contributed by atoms with Crippen molar-refractivity contribution in [3.8, 4) is 0 Å². The number of carbonyl (C=O) groups is 1. The van der Waals surface area contributed by atoms with Gasteiger partial charge < -0.3 is 4.74 Å². The lowest BCUT2D eigenvalue weighted by Gasteiger charge is -2.29. The van der Waals surface area contributed by atoms with Crippen LogP contribution in [0, 0.1) is 13.8 Å². The van der Waals surface area contributed by atoms with Crippen LogP contribution in [0.15, 0.2) is 48.5 Å². The fourth-order valence-corrected chi connectivity index (χ4v) is 2.27. The van der Waals surface area contributed by atoms with Crippen LogP contribution in [-0.4, -0.2) is 11.7 Å². The highest BCUT2D eigenvalue weighted by Gasteiger charge is 2.21. The number of carbonyl (C=O) groups excluding carboxylic acids is 1. The van der Waals surface area contributed by atoms with E-state index in [9.17, 15) is 4.79 Å². The number of hydrazine groups is 1. The van der Waals surface area contributed by atoms with Gasteiger partial charge in [0, 0.05) is 0 Å². The minimum atomic E-state index is -0.548. The van der Waals surface area contributed by atoms with Crippen LogP contribution < -0.4 is 10.4 Å². The first-order chi connectivity index (χ1) is 10.8. The van der Waals surface area contributed by atoms with E-state index in [-0.39, 0.29) is 0 Å². The van der Waals surface area contributed by atoms with Crippen molar-refractivity contribution in [2.75, 3.05) is 5.01 Å². The average Bonchev–Trinajstić information content (AvgIpc) is 2.44. The Hall–Kier alpha value is -2.49. The highest BCUT2D eigenvalue weighted by Crippen LogP contribution is 2.29. The van der Waals surface area contributed by atoms with E-state index in [1.54, 1.807) is 5.01 Å². The largest absolute Gasteiger partial charge is 0.443 e. The molecule has 1 N–H and O–H groups in total. The maximum Gasteiger partial charge on any atom is 0.426 e. The van der Waals surface area contributed by atoms with Gasteiger partial charge in [0.05, 0.1) is 11.4 Å². The maximum atomic E-state index is 12.3. The minimum absolute atomic E-state index is 0.482. The number of hydrogen-bond acceptors (Lipinski definition) is 3. The monoisotopic (exact) mass is 312 g/mol. The van der Waals surface area contributed by atoms with Crippen LogP contribution in [-0.2, 0) is 4.74 Å². The van der Waals surface area contributed by atoms with Crippen LogP contribution in [0.25, 0.3) is 0 Å². The summed E-state index contributed by atoms with van der Waals surface area (Å²) in [7, 11) is 0. The predicted molar refractivity (Wildman–Crippen MR) is 93.9 cm³/mol. The quantitative estimate of drug-likeness (QED) is 0.821. The summed E-state index contributed by atoms with van der Waals surface area (Å²) >= 11 is 0. The first kappa shape index (κ1) is 16.9. The number of hydrogen-bond donors (Lipinski definition) is 1. The number of nitrogens with zero attached hydrogens (tertiary/aromatic N) is 1. The third-order valence-electron chi connectivity index (χ3n) is 3.31. The molecule has 0 radical (unpaired) electrons. The Labute approximate surface area is 138 Å². The maximum absolute atomic E-state index is 12.3. The molecule has 2 aromatic rings. The van der Waals surface area contributed by atoms with E-state index in [1.165, 1.54) is 0 Å². The SMILES string of the molecule is Cc1ccccc1N(NC(=O)OC(C)(C)C)c1ccccc1C. The van der Waals surface area contributed by atoms with Crippen LogP contribution in [0.2, 0.25) is 0 Å². The molecule has 4 nitrogen and oxygen atoms in total. The normalized spacial score (nSPS) is 11.0. The third-order valence-corrected chi connectivity index (χ3v) is 3.31. The van der Waals surface area contributed by atoms with Crippen LogP contribution in [0.3, 0.4) is 0 Å². The fraction of sp³-hybridized carbons (Fsp3) is 0.316. The van der Waals surface area contributed by atoms with E-state index >= 15 is 0 Å². The Morgan fingerprint density at radius 2 is 1.35 bits per heavy atom. The van der Waals surface area contributed by atoms with Gasteiger partial charge in [0.25, 0.3) is 0 Å². The number of benzene rings is 2. The van der Waals surface area contributed by atoms with Crippen molar-refractivity contribution in [3.63, 3.8) is 0 Å². The van der Waals surface area contributed by atoms with Crippen molar-refractivity contribution >= 4 is 17.5 Å². The number of anilines is 2. The zero-order valence-corrected chi connectivity index (χ0v) is 14.4. The van der Waals surface area contributed by atoms with Gasteiger partial charge in [0.1, 0.15) is 5.60 Å². The van der Waals surface area contributed by atoms with Crippen molar-refractivity contribution in [1.82, 2.24) is 5.43 Å². The van der Waals surface area contributed by atoms with Crippen molar-refractivity contribution < 1.29 is 9.53 Å². The molecule has 0 unspecified atom stereocenters. The van der Waals surface area contributed by atoms with E-state index in [0.717, 1.165) is 22.5 Å². The first-order valence-electron chi connectivity index (χ1n) is 7.69. The number of nitrogens with one attached hydrogen (secondary N) is 1. The van der Waals surface area contributed by atoms with Gasteiger partial charge in [0.15, 0.2) is 0 Å². The lowest BCUT2D eigenvalue weighted by molar-refractivity contribution is 0.0528. The van der Waals surface area contributed by atoms with Crippen LogP contribution >= 0.6 is 0 Å². The molecule has 2 aromatic carbocycles. The van der Waals surface area contributed by atoms with Crippen LogP contribution in [0.5, 0.6) is 0 Å². The van der Waals surface area contributed by atoms with Gasteiger partial charge in [-0.05, 0) is 57.9 Å². The van der Waals surface area contributed by atoms with Gasteiger partial charge in [-0.2, -0.15) is 0 Å². The molecule has 2 rings (SSSR count). The number of aryl methyl sites for hydroxylation is 2. The zero-order valence-electron chi connectivity index (χ0n) is 14.4. The summed E-state index contributed by atoms with van der Waals surface area (Å²) in [5.74, 6) is 0. The molecular formula is C19H24N2O2. The smallest absolute Gasteiger partial charge is 0.426 e. The van der Waals surface area contributed by atoms with Crippen molar-refractivity contribution in [2.24, 2.45) is 0 Å². The molecule has 1 amide bonds. The number of amides is 1. The lowest BCUT2D eigenvalue weighted by Crippen LogP contribution is -2.42. The number of ether oxygens (including phenoxy) is 1. The summed E-state index contributed by atoms with van der Waals surface area (Å²) in [5.41, 5.74) is 6.26. The van der Waals surface area contributed by atoms with Gasteiger partial charge >= 0.3 is 6.09 Å². The number of para-hydroxylation sites is 2. The first-order valence-corrected chi connectivity index (χ1v) is 7.69. The molecule has 0 aliphatic rings. The van der Waals surface area contributed by atoms with Gasteiger partial charge in [-0.25, -0.2) is 10.2 Å². The Morgan fingerprint density at radius 1 is 0.913 bits per heavy atom. The van der Waals surface area contributed by atoms with Gasteiger partial charge in [-0.3, -0.25) is 5.01 Å². The third kappa shape index (κ3) is 4.49. The van der Waals surface area contributed by atoms with E-state index in [1.807, 2.05) is 83.1 Å². The van der Waals surface area contributed by atoms with E-state index in [0.29, 0.717) is 0 Å². The van der Waals surface area contributed by atoms with E-state index in [4.69, 9.17) is 4.74 Å².